The summed E-state index contributed by atoms with van der Waals surface area (Å²) in [5.41, 5.74) is 0.601. The van der Waals surface area contributed by atoms with E-state index in [0.29, 0.717) is 18.3 Å². The molecule has 1 aliphatic carbocycles. The summed E-state index contributed by atoms with van der Waals surface area (Å²) in [6.45, 7) is 3.67. The maximum Gasteiger partial charge on any atom is 0.151 e. The zero-order chi connectivity index (χ0) is 13.0. The molecule has 1 atom stereocenters. The number of aliphatic hydroxyl groups excluding tert-OH is 1. The minimum absolute atomic E-state index is 0.0659. The number of nitrogens with zero attached hydrogens (tertiary/aromatic N) is 3. The van der Waals surface area contributed by atoms with Crippen LogP contribution in [0.5, 0.6) is 0 Å². The largest absolute Gasteiger partial charge is 0.390 e. The van der Waals surface area contributed by atoms with E-state index in [9.17, 15) is 0 Å². The third-order valence-corrected chi connectivity index (χ3v) is 3.49. The van der Waals surface area contributed by atoms with Gasteiger partial charge in [-0.1, -0.05) is 0 Å². The molecule has 100 valence electrons. The molecule has 5 nitrogen and oxygen atoms in total. The van der Waals surface area contributed by atoms with Crippen LogP contribution in [0.15, 0.2) is 12.1 Å². The van der Waals surface area contributed by atoms with Gasteiger partial charge < -0.3 is 14.7 Å². The average molecular weight is 251 g/mol. The highest BCUT2D eigenvalue weighted by atomic mass is 16.5. The number of methoxy groups -OCH3 is 1. The average Bonchev–Trinajstić information content (AvgIpc) is 3.24. The molecule has 1 heterocycles. The number of hydrogen-bond donors (Lipinski definition) is 1. The molecule has 1 aliphatic rings. The van der Waals surface area contributed by atoms with E-state index in [1.54, 1.807) is 7.11 Å². The molecule has 1 saturated carbocycles. The van der Waals surface area contributed by atoms with Gasteiger partial charge in [-0.25, -0.2) is 0 Å². The van der Waals surface area contributed by atoms with Gasteiger partial charge in [-0.3, -0.25) is 0 Å². The topological polar surface area (TPSA) is 58.5 Å². The fraction of sp³-hybridized carbons (Fsp3) is 0.692. The highest BCUT2D eigenvalue weighted by Gasteiger charge is 2.32. The van der Waals surface area contributed by atoms with Crippen molar-refractivity contribution in [3.8, 4) is 0 Å². The van der Waals surface area contributed by atoms with Crippen molar-refractivity contribution in [3.63, 3.8) is 0 Å². The van der Waals surface area contributed by atoms with Crippen molar-refractivity contribution in [2.45, 2.75) is 32.4 Å². The second-order valence-corrected chi connectivity index (χ2v) is 4.81. The summed E-state index contributed by atoms with van der Waals surface area (Å²) >= 11 is 0. The Bertz CT molecular complexity index is 365. The monoisotopic (exact) mass is 251 g/mol. The Morgan fingerprint density at radius 1 is 1.44 bits per heavy atom. The molecule has 1 N–H and O–H groups in total. The van der Waals surface area contributed by atoms with Crippen LogP contribution in [0.3, 0.4) is 0 Å². The molecule has 1 aromatic rings. The Labute approximate surface area is 108 Å². The predicted molar refractivity (Wildman–Crippen MR) is 69.4 cm³/mol. The maximum absolute atomic E-state index is 8.98. The zero-order valence-corrected chi connectivity index (χ0v) is 11.0. The fourth-order valence-corrected chi connectivity index (χ4v) is 2.14. The third-order valence-electron chi connectivity index (χ3n) is 3.49. The maximum atomic E-state index is 8.98. The Morgan fingerprint density at radius 3 is 2.72 bits per heavy atom. The molecule has 0 amide bonds. The van der Waals surface area contributed by atoms with E-state index in [4.69, 9.17) is 9.84 Å². The van der Waals surface area contributed by atoms with Crippen LogP contribution in [0.25, 0.3) is 0 Å². The molecule has 0 aromatic carbocycles. The molecule has 1 fully saturated rings. The van der Waals surface area contributed by atoms with Crippen LogP contribution in [-0.4, -0.2) is 41.6 Å². The molecule has 18 heavy (non-hydrogen) atoms. The van der Waals surface area contributed by atoms with Gasteiger partial charge in [-0.2, -0.15) is 5.10 Å². The Balaban J connectivity index is 2.09. The van der Waals surface area contributed by atoms with Crippen molar-refractivity contribution in [1.82, 2.24) is 10.2 Å². The van der Waals surface area contributed by atoms with Crippen molar-refractivity contribution in [2.24, 2.45) is 5.92 Å². The summed E-state index contributed by atoms with van der Waals surface area (Å²) in [7, 11) is 1.71. The summed E-state index contributed by atoms with van der Waals surface area (Å²) < 4.78 is 5.16. The molecule has 1 aromatic heterocycles. The van der Waals surface area contributed by atoms with Crippen LogP contribution in [-0.2, 0) is 11.3 Å². The lowest BCUT2D eigenvalue weighted by molar-refractivity contribution is 0.202. The van der Waals surface area contributed by atoms with Gasteiger partial charge in [0, 0.05) is 19.7 Å². The predicted octanol–water partition coefficient (Wildman–Crippen LogP) is 1.22. The van der Waals surface area contributed by atoms with Gasteiger partial charge in [0.2, 0.25) is 0 Å². The molecule has 1 unspecified atom stereocenters. The van der Waals surface area contributed by atoms with Gasteiger partial charge in [0.25, 0.3) is 0 Å². The van der Waals surface area contributed by atoms with E-state index in [0.717, 1.165) is 18.3 Å². The van der Waals surface area contributed by atoms with Gasteiger partial charge in [-0.15, -0.1) is 5.10 Å². The summed E-state index contributed by atoms with van der Waals surface area (Å²) in [5.74, 6) is 1.63. The number of anilines is 1. The number of aliphatic hydroxyl groups is 1. The molecular formula is C13H21N3O2. The van der Waals surface area contributed by atoms with Gasteiger partial charge in [0.1, 0.15) is 0 Å². The van der Waals surface area contributed by atoms with Crippen LogP contribution in [0.1, 0.15) is 25.5 Å². The first-order chi connectivity index (χ1) is 8.76. The van der Waals surface area contributed by atoms with E-state index >= 15 is 0 Å². The Kier molecular flexibility index (Phi) is 4.49. The van der Waals surface area contributed by atoms with Crippen molar-refractivity contribution >= 4 is 5.82 Å². The summed E-state index contributed by atoms with van der Waals surface area (Å²) in [5, 5.41) is 17.2. The van der Waals surface area contributed by atoms with E-state index < -0.39 is 0 Å². The van der Waals surface area contributed by atoms with Gasteiger partial charge in [0.15, 0.2) is 5.82 Å². The number of rotatable bonds is 7. The van der Waals surface area contributed by atoms with E-state index in [1.165, 1.54) is 12.8 Å². The zero-order valence-electron chi connectivity index (χ0n) is 11.0. The van der Waals surface area contributed by atoms with E-state index in [2.05, 4.69) is 22.0 Å². The minimum atomic E-state index is -0.0659. The molecule has 0 aliphatic heterocycles. The van der Waals surface area contributed by atoms with Gasteiger partial charge >= 0.3 is 0 Å². The lowest BCUT2D eigenvalue weighted by Crippen LogP contribution is -2.38. The first kappa shape index (κ1) is 13.2. The lowest BCUT2D eigenvalue weighted by Gasteiger charge is -2.29. The fourth-order valence-electron chi connectivity index (χ4n) is 2.14. The Hall–Kier alpha value is -1.20. The highest BCUT2D eigenvalue weighted by molar-refractivity contribution is 5.39. The Morgan fingerprint density at radius 2 is 2.22 bits per heavy atom. The van der Waals surface area contributed by atoms with Crippen LogP contribution < -0.4 is 4.90 Å². The minimum Gasteiger partial charge on any atom is -0.390 e. The van der Waals surface area contributed by atoms with Crippen LogP contribution in [0.4, 0.5) is 5.82 Å². The quantitative estimate of drug-likeness (QED) is 0.789. The normalized spacial score (nSPS) is 16.6. The van der Waals surface area contributed by atoms with Crippen molar-refractivity contribution in [3.05, 3.63) is 17.8 Å². The van der Waals surface area contributed by atoms with Crippen LogP contribution in [0.2, 0.25) is 0 Å². The molecule has 5 heteroatoms. The summed E-state index contributed by atoms with van der Waals surface area (Å²) in [6, 6.07) is 4.21. The van der Waals surface area contributed by atoms with Crippen LogP contribution >= 0.6 is 0 Å². The van der Waals surface area contributed by atoms with E-state index in [-0.39, 0.29) is 6.61 Å². The molecule has 0 radical (unpaired) electrons. The molecule has 0 spiro atoms. The van der Waals surface area contributed by atoms with Crippen molar-refractivity contribution in [2.75, 3.05) is 25.2 Å². The van der Waals surface area contributed by atoms with E-state index in [1.807, 2.05) is 12.1 Å². The summed E-state index contributed by atoms with van der Waals surface area (Å²) in [6.07, 6.45) is 2.60. The SMILES string of the molecule is COCCN(c1ccc(CO)nn1)C(C)C1CC1. The van der Waals surface area contributed by atoms with Crippen molar-refractivity contribution in [1.29, 1.82) is 0 Å². The standard InChI is InChI=1S/C13H21N3O2/c1-10(11-3-4-11)16(7-8-18-2)13-6-5-12(9-17)14-15-13/h5-6,10-11,17H,3-4,7-9H2,1-2H3. The van der Waals surface area contributed by atoms with Crippen LogP contribution in [0, 0.1) is 5.92 Å². The number of ether oxygens (including phenoxy) is 1. The van der Waals surface area contributed by atoms with Gasteiger partial charge in [0.05, 0.1) is 18.9 Å². The first-order valence-corrected chi connectivity index (χ1v) is 6.45. The highest BCUT2D eigenvalue weighted by Crippen LogP contribution is 2.36. The smallest absolute Gasteiger partial charge is 0.151 e. The lowest BCUT2D eigenvalue weighted by atomic mass is 10.2. The molecule has 0 saturated heterocycles. The van der Waals surface area contributed by atoms with Gasteiger partial charge in [-0.05, 0) is 37.8 Å². The molecule has 0 bridgehead atoms. The second kappa shape index (κ2) is 6.11. The van der Waals surface area contributed by atoms with Crippen molar-refractivity contribution < 1.29 is 9.84 Å². The second-order valence-electron chi connectivity index (χ2n) is 4.81. The molecule has 2 rings (SSSR count). The summed E-state index contributed by atoms with van der Waals surface area (Å²) in [4.78, 5) is 2.25. The number of aromatic nitrogens is 2. The third kappa shape index (κ3) is 3.17. The molecular weight excluding hydrogens is 230 g/mol. The first-order valence-electron chi connectivity index (χ1n) is 6.45. The number of hydrogen-bond acceptors (Lipinski definition) is 5.